The van der Waals surface area contributed by atoms with Crippen LogP contribution in [0.15, 0.2) is 146 Å². The molecule has 87 heavy (non-hydrogen) atoms. The van der Waals surface area contributed by atoms with Crippen LogP contribution in [0.4, 0.5) is 22.0 Å². The zero-order valence-electron chi connectivity index (χ0n) is 50.8. The molecule has 3 aromatic heterocycles. The van der Waals surface area contributed by atoms with Gasteiger partial charge in [-0.15, -0.1) is 0 Å². The van der Waals surface area contributed by atoms with Crippen LogP contribution in [0.2, 0.25) is 0 Å². The normalized spacial score (nSPS) is 31.9. The van der Waals surface area contributed by atoms with Gasteiger partial charge in [-0.05, 0) is 171 Å². The highest BCUT2D eigenvalue weighted by Crippen LogP contribution is 2.52. The third kappa shape index (κ3) is 13.8. The minimum atomic E-state index is -4.37. The lowest BCUT2D eigenvalue weighted by Gasteiger charge is -2.40. The predicted molar refractivity (Wildman–Crippen MR) is 328 cm³/mol. The standard InChI is InChI=1S/C25H26F3NO2.2C24H26FNO2/c1-14-11-22-23(16(3)31-24(22)30)21(15(14)2)10-9-20-8-7-18(13-29-20)17-5-4-6-19(12-17)25(26,27)28;1-14-11-22-23(16(3)28-24(22)27)21(15(14)2)10-9-20-8-7-18(13-26-20)17-5-4-6-19(25)12-17;1-14-12-21-23(16(3)28-24(21)27)19(15(14)2)11-10-18-9-8-17(13-26-18)20-6-4-5-7-22(20)25/h4-10,12-16,21-23H,11H2,1-3H3;4-10,12-16,21-23H,11H2,1-3H3;4-11,13-16,19,21,23H,12H2,1-3H3/b2*10-9+;11-10+/t2*14-,15+,16+,21-,22+,23-;14-,15+,16+,19-,21+,23-/m000/s1. The Morgan fingerprint density at radius 1 is 0.437 bits per heavy atom. The number of hydrogen-bond acceptors (Lipinski definition) is 9. The Bertz CT molecular complexity index is 3490. The Morgan fingerprint density at radius 3 is 1.18 bits per heavy atom. The number of aromatic nitrogens is 3. The van der Waals surface area contributed by atoms with Gasteiger partial charge in [0.2, 0.25) is 0 Å². The molecule has 14 heteroatoms. The molecule has 9 nitrogen and oxygen atoms in total. The van der Waals surface area contributed by atoms with Crippen molar-refractivity contribution in [1.82, 2.24) is 15.0 Å². The van der Waals surface area contributed by atoms with Crippen molar-refractivity contribution >= 4 is 36.1 Å². The van der Waals surface area contributed by atoms with E-state index in [1.54, 1.807) is 55.0 Å². The first-order valence-corrected chi connectivity index (χ1v) is 30.8. The summed E-state index contributed by atoms with van der Waals surface area (Å²) in [6.07, 6.45) is 15.8. The van der Waals surface area contributed by atoms with Crippen molar-refractivity contribution in [3.63, 3.8) is 0 Å². The second kappa shape index (κ2) is 26.4. The number of cyclic esters (lactones) is 3. The van der Waals surface area contributed by atoms with Gasteiger partial charge in [-0.1, -0.05) is 120 Å². The van der Waals surface area contributed by atoms with Gasteiger partial charge in [0.25, 0.3) is 0 Å². The summed E-state index contributed by atoms with van der Waals surface area (Å²) in [4.78, 5) is 50.1. The van der Waals surface area contributed by atoms with Gasteiger partial charge in [-0.2, -0.15) is 13.2 Å². The third-order valence-corrected chi connectivity index (χ3v) is 20.3. The Kier molecular flexibility index (Phi) is 18.9. The summed E-state index contributed by atoms with van der Waals surface area (Å²) >= 11 is 0. The maximum atomic E-state index is 14.0. The zero-order chi connectivity index (χ0) is 62.0. The number of alkyl halides is 3. The van der Waals surface area contributed by atoms with E-state index in [9.17, 15) is 36.3 Å². The number of nitrogens with zero attached hydrogens (tertiary/aromatic N) is 3. The molecule has 0 radical (unpaired) electrons. The average molecular weight is 1190 g/mol. The molecule has 0 spiro atoms. The number of rotatable bonds is 9. The molecule has 6 fully saturated rings. The van der Waals surface area contributed by atoms with Crippen molar-refractivity contribution in [3.8, 4) is 33.4 Å². The first-order valence-electron chi connectivity index (χ1n) is 30.8. The number of halogens is 5. The minimum absolute atomic E-state index is 0.00670. The summed E-state index contributed by atoms with van der Waals surface area (Å²) in [5, 5.41) is 0. The van der Waals surface area contributed by atoms with Crippen LogP contribution in [0.1, 0.15) is 104 Å². The lowest BCUT2D eigenvalue weighted by molar-refractivity contribution is -0.145. The summed E-state index contributed by atoms with van der Waals surface area (Å²) in [6, 6.07) is 29.8. The van der Waals surface area contributed by atoms with Crippen LogP contribution in [0.5, 0.6) is 0 Å². The first kappa shape index (κ1) is 62.4. The van der Waals surface area contributed by atoms with E-state index in [2.05, 4.69) is 74.7 Å². The summed E-state index contributed by atoms with van der Waals surface area (Å²) in [7, 11) is 0. The Morgan fingerprint density at radius 2 is 0.816 bits per heavy atom. The summed E-state index contributed by atoms with van der Waals surface area (Å²) in [5.74, 6) is 3.49. The van der Waals surface area contributed by atoms with E-state index in [1.165, 1.54) is 24.3 Å². The topological polar surface area (TPSA) is 118 Å². The number of carbonyl (C=O) groups excluding carboxylic acids is 3. The van der Waals surface area contributed by atoms with Gasteiger partial charge in [-0.3, -0.25) is 29.3 Å². The van der Waals surface area contributed by atoms with Crippen LogP contribution in [0, 0.1) is 100 Å². The Balaban J connectivity index is 0.000000145. The summed E-state index contributed by atoms with van der Waals surface area (Å²) in [6.45, 7) is 19.4. The van der Waals surface area contributed by atoms with E-state index < -0.39 is 11.7 Å². The lowest BCUT2D eigenvalue weighted by atomic mass is 9.62. The number of ether oxygens (including phenoxy) is 3. The van der Waals surface area contributed by atoms with Crippen LogP contribution in [-0.4, -0.2) is 51.2 Å². The number of carbonyl (C=O) groups is 3. The van der Waals surface area contributed by atoms with Crippen LogP contribution in [-0.2, 0) is 34.8 Å². The van der Waals surface area contributed by atoms with Crippen molar-refractivity contribution in [1.29, 1.82) is 0 Å². The molecule has 3 aromatic carbocycles. The van der Waals surface area contributed by atoms with Crippen molar-refractivity contribution in [2.45, 2.75) is 106 Å². The molecule has 0 bridgehead atoms. The molecule has 3 saturated carbocycles. The van der Waals surface area contributed by atoms with E-state index in [1.807, 2.05) is 75.4 Å². The van der Waals surface area contributed by atoms with Crippen molar-refractivity contribution in [2.24, 2.45) is 88.8 Å². The quantitative estimate of drug-likeness (QED) is 0.0792. The molecule has 6 aromatic rings. The van der Waals surface area contributed by atoms with Gasteiger partial charge in [0, 0.05) is 58.6 Å². The molecule has 6 aliphatic rings. The molecule has 3 saturated heterocycles. The fraction of sp³-hybridized carbons (Fsp3) is 0.425. The van der Waals surface area contributed by atoms with Gasteiger partial charge >= 0.3 is 24.1 Å². The SMILES string of the molecule is C[C@H]1[C@H](/C=C/c2ccc(-c3cccc(C(F)(F)F)c3)cn2)[C@@H]2[C@@H](C)OC(=O)[C@@H]2C[C@@H]1C.C[C@H]1[C@H](/C=C/c2ccc(-c3cccc(F)c3)cn2)[C@@H]2[C@@H](C)OC(=O)[C@@H]2C[C@@H]1C.C[C@H]1[C@H](/C=C/c2ccc(-c3ccccc3F)cn2)[C@@H]2[C@@H](C)OC(=O)[C@@H]2C[C@@H]1C. The van der Waals surface area contributed by atoms with E-state index in [-0.39, 0.29) is 95.2 Å². The first-order chi connectivity index (χ1) is 41.5. The van der Waals surface area contributed by atoms with Gasteiger partial charge in [-0.25, -0.2) is 8.78 Å². The molecular formula is C73H78F5N3O6. The molecule has 18 atom stereocenters. The number of allylic oxidation sites excluding steroid dienone is 3. The molecule has 0 amide bonds. The second-order valence-electron chi connectivity index (χ2n) is 25.5. The molecule has 12 rings (SSSR count). The van der Waals surface area contributed by atoms with Crippen LogP contribution in [0.3, 0.4) is 0 Å². The Labute approximate surface area is 508 Å². The van der Waals surface area contributed by atoms with Crippen molar-refractivity contribution in [3.05, 3.63) is 180 Å². The average Bonchev–Trinajstić information content (AvgIpc) is 2.86. The molecular weight excluding hydrogens is 1110 g/mol. The van der Waals surface area contributed by atoms with E-state index in [0.29, 0.717) is 58.1 Å². The maximum Gasteiger partial charge on any atom is 0.416 e. The van der Waals surface area contributed by atoms with Gasteiger partial charge in [0.05, 0.1) is 40.4 Å². The highest BCUT2D eigenvalue weighted by Gasteiger charge is 2.54. The third-order valence-electron chi connectivity index (χ3n) is 20.3. The fourth-order valence-corrected chi connectivity index (χ4v) is 14.8. The zero-order valence-corrected chi connectivity index (χ0v) is 50.8. The number of hydrogen-bond donors (Lipinski definition) is 0. The monoisotopic (exact) mass is 1190 g/mol. The van der Waals surface area contributed by atoms with Crippen molar-refractivity contribution in [2.75, 3.05) is 0 Å². The highest BCUT2D eigenvalue weighted by molar-refractivity contribution is 5.77. The predicted octanol–water partition coefficient (Wildman–Crippen LogP) is 17.0. The number of fused-ring (bicyclic) bond motifs is 3. The largest absolute Gasteiger partial charge is 0.462 e. The molecule has 3 aliphatic carbocycles. The van der Waals surface area contributed by atoms with Crippen LogP contribution >= 0.6 is 0 Å². The van der Waals surface area contributed by atoms with E-state index in [0.717, 1.165) is 65.2 Å². The van der Waals surface area contributed by atoms with Crippen LogP contribution in [0.25, 0.3) is 51.6 Å². The van der Waals surface area contributed by atoms with E-state index >= 15 is 0 Å². The Hall–Kier alpha value is -7.61. The molecule has 0 unspecified atom stereocenters. The minimum Gasteiger partial charge on any atom is -0.462 e. The molecule has 0 N–H and O–H groups in total. The van der Waals surface area contributed by atoms with E-state index in [4.69, 9.17) is 14.2 Å². The van der Waals surface area contributed by atoms with Gasteiger partial charge in [0.1, 0.15) is 29.9 Å². The van der Waals surface area contributed by atoms with Crippen LogP contribution < -0.4 is 0 Å². The maximum absolute atomic E-state index is 14.0. The summed E-state index contributed by atoms with van der Waals surface area (Å²) < 4.78 is 82.9. The van der Waals surface area contributed by atoms with Gasteiger partial charge in [0.15, 0.2) is 0 Å². The lowest BCUT2D eigenvalue weighted by Crippen LogP contribution is -2.39. The molecule has 6 heterocycles. The number of benzene rings is 3. The second-order valence-corrected chi connectivity index (χ2v) is 25.5. The smallest absolute Gasteiger partial charge is 0.416 e. The van der Waals surface area contributed by atoms with Gasteiger partial charge < -0.3 is 14.2 Å². The molecule has 3 aliphatic heterocycles. The number of esters is 3. The molecule has 456 valence electrons. The fourth-order valence-electron chi connectivity index (χ4n) is 14.8. The summed E-state index contributed by atoms with van der Waals surface area (Å²) in [5.41, 5.74) is 5.88. The highest BCUT2D eigenvalue weighted by atomic mass is 19.4. The van der Waals surface area contributed by atoms with Crippen molar-refractivity contribution < 1.29 is 50.5 Å². The number of pyridine rings is 3.